The predicted octanol–water partition coefficient (Wildman–Crippen LogP) is 3.29. The van der Waals surface area contributed by atoms with Crippen LogP contribution in [0.3, 0.4) is 0 Å². The van der Waals surface area contributed by atoms with E-state index >= 15 is 0 Å². The molecule has 0 aliphatic carbocycles. The maximum atomic E-state index is 8.89. The molecule has 0 radical (unpaired) electrons. The van der Waals surface area contributed by atoms with E-state index in [9.17, 15) is 0 Å². The molecule has 0 saturated heterocycles. The Labute approximate surface area is 114 Å². The zero-order valence-corrected chi connectivity index (χ0v) is 12.0. The number of benzene rings is 1. The Bertz CT molecular complexity index is 645. The summed E-state index contributed by atoms with van der Waals surface area (Å²) in [6.07, 6.45) is 1.02. The number of aryl methyl sites for hydroxylation is 2. The van der Waals surface area contributed by atoms with Crippen LogP contribution in [0.1, 0.15) is 40.6 Å². The van der Waals surface area contributed by atoms with Crippen LogP contribution in [-0.2, 0) is 13.0 Å². The number of hydrogen-bond donors (Lipinski definition) is 0. The van der Waals surface area contributed by atoms with Gasteiger partial charge in [-0.25, -0.2) is 0 Å². The summed E-state index contributed by atoms with van der Waals surface area (Å²) in [6, 6.07) is 8.00. The maximum absolute atomic E-state index is 8.89. The molecule has 0 atom stereocenters. The van der Waals surface area contributed by atoms with E-state index in [0.29, 0.717) is 5.56 Å². The van der Waals surface area contributed by atoms with E-state index in [0.717, 1.165) is 24.2 Å². The first-order valence-corrected chi connectivity index (χ1v) is 6.59. The average Bonchev–Trinajstić information content (AvgIpc) is 2.66. The van der Waals surface area contributed by atoms with Gasteiger partial charge in [-0.05, 0) is 56.0 Å². The molecule has 19 heavy (non-hydrogen) atoms. The normalized spacial score (nSPS) is 10.5. The van der Waals surface area contributed by atoms with Crippen molar-refractivity contribution in [2.75, 3.05) is 0 Å². The van der Waals surface area contributed by atoms with E-state index in [1.807, 2.05) is 25.1 Å². The Morgan fingerprint density at radius 3 is 2.53 bits per heavy atom. The number of hydrogen-bond acceptors (Lipinski definition) is 2. The minimum atomic E-state index is 0.712. The number of aromatic nitrogens is 2. The Kier molecular flexibility index (Phi) is 3.71. The van der Waals surface area contributed by atoms with Crippen molar-refractivity contribution >= 4 is 0 Å². The van der Waals surface area contributed by atoms with E-state index in [-0.39, 0.29) is 0 Å². The third kappa shape index (κ3) is 2.53. The van der Waals surface area contributed by atoms with Crippen LogP contribution in [0.2, 0.25) is 0 Å². The highest BCUT2D eigenvalue weighted by molar-refractivity contribution is 5.38. The van der Waals surface area contributed by atoms with E-state index in [2.05, 4.69) is 36.6 Å². The van der Waals surface area contributed by atoms with Gasteiger partial charge in [-0.1, -0.05) is 13.0 Å². The van der Waals surface area contributed by atoms with Crippen molar-refractivity contribution in [3.05, 3.63) is 51.8 Å². The molecule has 2 rings (SSSR count). The quantitative estimate of drug-likeness (QED) is 0.842. The first-order chi connectivity index (χ1) is 9.06. The summed E-state index contributed by atoms with van der Waals surface area (Å²) < 4.78 is 2.06. The third-order valence-electron chi connectivity index (χ3n) is 3.68. The highest BCUT2D eigenvalue weighted by Crippen LogP contribution is 2.17. The van der Waals surface area contributed by atoms with Gasteiger partial charge in [0.1, 0.15) is 0 Å². The maximum Gasteiger partial charge on any atom is 0.0991 e. The van der Waals surface area contributed by atoms with Crippen molar-refractivity contribution < 1.29 is 0 Å². The second kappa shape index (κ2) is 5.27. The molecule has 1 aromatic heterocycles. The molecule has 0 saturated carbocycles. The van der Waals surface area contributed by atoms with Gasteiger partial charge in [-0.3, -0.25) is 4.68 Å². The molecular weight excluding hydrogens is 234 g/mol. The fourth-order valence-corrected chi connectivity index (χ4v) is 2.50. The van der Waals surface area contributed by atoms with Gasteiger partial charge >= 0.3 is 0 Å². The second-order valence-corrected chi connectivity index (χ2v) is 4.91. The molecule has 0 spiro atoms. The molecule has 0 N–H and O–H groups in total. The summed E-state index contributed by atoms with van der Waals surface area (Å²) in [5, 5.41) is 13.5. The topological polar surface area (TPSA) is 41.6 Å². The summed E-state index contributed by atoms with van der Waals surface area (Å²) in [5.41, 5.74) is 6.77. The molecule has 0 aliphatic heterocycles. The molecule has 0 bridgehead atoms. The minimum Gasteiger partial charge on any atom is -0.265 e. The summed E-state index contributed by atoms with van der Waals surface area (Å²) >= 11 is 0. The van der Waals surface area contributed by atoms with Crippen molar-refractivity contribution in [2.45, 2.75) is 40.7 Å². The lowest BCUT2D eigenvalue weighted by atomic mass is 10.1. The van der Waals surface area contributed by atoms with Crippen molar-refractivity contribution in [1.82, 2.24) is 9.78 Å². The first-order valence-electron chi connectivity index (χ1n) is 6.59. The second-order valence-electron chi connectivity index (χ2n) is 4.91. The fraction of sp³-hybridized carbons (Fsp3) is 0.375. The summed E-state index contributed by atoms with van der Waals surface area (Å²) in [6.45, 7) is 9.16. The molecule has 0 fully saturated rings. The SMILES string of the molecule is CCc1c(C)nn(Cc2ccc(C#N)cc2C)c1C. The minimum absolute atomic E-state index is 0.712. The van der Waals surface area contributed by atoms with E-state index < -0.39 is 0 Å². The molecule has 3 nitrogen and oxygen atoms in total. The fourth-order valence-electron chi connectivity index (χ4n) is 2.50. The van der Waals surface area contributed by atoms with Gasteiger partial charge in [-0.15, -0.1) is 0 Å². The van der Waals surface area contributed by atoms with Crippen LogP contribution in [0.25, 0.3) is 0 Å². The van der Waals surface area contributed by atoms with E-state index in [4.69, 9.17) is 5.26 Å². The highest BCUT2D eigenvalue weighted by Gasteiger charge is 2.10. The lowest BCUT2D eigenvalue weighted by Crippen LogP contribution is -2.06. The Morgan fingerprint density at radius 2 is 2.00 bits per heavy atom. The van der Waals surface area contributed by atoms with Crippen LogP contribution in [0.4, 0.5) is 0 Å². The highest BCUT2D eigenvalue weighted by atomic mass is 15.3. The van der Waals surface area contributed by atoms with Crippen molar-refractivity contribution in [1.29, 1.82) is 5.26 Å². The van der Waals surface area contributed by atoms with Gasteiger partial charge in [0.2, 0.25) is 0 Å². The van der Waals surface area contributed by atoms with Crippen LogP contribution in [0.5, 0.6) is 0 Å². The molecule has 0 amide bonds. The molecular formula is C16H19N3. The number of nitrogens with zero attached hydrogens (tertiary/aromatic N) is 3. The monoisotopic (exact) mass is 253 g/mol. The van der Waals surface area contributed by atoms with Crippen molar-refractivity contribution in [2.24, 2.45) is 0 Å². The zero-order valence-electron chi connectivity index (χ0n) is 12.0. The summed E-state index contributed by atoms with van der Waals surface area (Å²) in [4.78, 5) is 0. The lowest BCUT2D eigenvalue weighted by molar-refractivity contribution is 0.655. The molecule has 3 heteroatoms. The first kappa shape index (κ1) is 13.4. The molecule has 1 heterocycles. The van der Waals surface area contributed by atoms with E-state index in [1.165, 1.54) is 16.8 Å². The van der Waals surface area contributed by atoms with Gasteiger partial charge in [0.05, 0.1) is 23.9 Å². The van der Waals surface area contributed by atoms with Crippen LogP contribution in [-0.4, -0.2) is 9.78 Å². The van der Waals surface area contributed by atoms with Gasteiger partial charge in [0, 0.05) is 5.69 Å². The molecule has 98 valence electrons. The largest absolute Gasteiger partial charge is 0.265 e. The average molecular weight is 253 g/mol. The summed E-state index contributed by atoms with van der Waals surface area (Å²) in [5.74, 6) is 0. The van der Waals surface area contributed by atoms with Crippen molar-refractivity contribution in [3.63, 3.8) is 0 Å². The Hall–Kier alpha value is -2.08. The lowest BCUT2D eigenvalue weighted by Gasteiger charge is -2.08. The van der Waals surface area contributed by atoms with Gasteiger partial charge in [0.25, 0.3) is 0 Å². The summed E-state index contributed by atoms with van der Waals surface area (Å²) in [7, 11) is 0. The van der Waals surface area contributed by atoms with Crippen LogP contribution < -0.4 is 0 Å². The van der Waals surface area contributed by atoms with Crippen LogP contribution >= 0.6 is 0 Å². The van der Waals surface area contributed by atoms with Crippen molar-refractivity contribution in [3.8, 4) is 6.07 Å². The van der Waals surface area contributed by atoms with Crippen LogP contribution in [0, 0.1) is 32.1 Å². The Morgan fingerprint density at radius 1 is 1.26 bits per heavy atom. The zero-order chi connectivity index (χ0) is 14.0. The predicted molar refractivity (Wildman–Crippen MR) is 76.1 cm³/mol. The smallest absolute Gasteiger partial charge is 0.0991 e. The molecule has 1 aromatic carbocycles. The van der Waals surface area contributed by atoms with Crippen LogP contribution in [0.15, 0.2) is 18.2 Å². The number of nitriles is 1. The van der Waals surface area contributed by atoms with Gasteiger partial charge in [0.15, 0.2) is 0 Å². The third-order valence-corrected chi connectivity index (χ3v) is 3.68. The van der Waals surface area contributed by atoms with Gasteiger partial charge < -0.3 is 0 Å². The van der Waals surface area contributed by atoms with E-state index in [1.54, 1.807) is 0 Å². The molecule has 2 aromatic rings. The number of rotatable bonds is 3. The molecule has 0 aliphatic rings. The standard InChI is InChI=1S/C16H19N3/c1-5-16-12(3)18-19(13(16)4)10-15-7-6-14(9-17)8-11(15)2/h6-8H,5,10H2,1-4H3. The van der Waals surface area contributed by atoms with Gasteiger partial charge in [-0.2, -0.15) is 10.4 Å². The Balaban J connectivity index is 2.34. The molecule has 0 unspecified atom stereocenters.